The summed E-state index contributed by atoms with van der Waals surface area (Å²) in [6.45, 7) is 2.54. The lowest BCUT2D eigenvalue weighted by Gasteiger charge is -2.37. The minimum absolute atomic E-state index is 0.0703. The number of carbonyl (C=O) groups is 1. The molecule has 0 bridgehead atoms. The van der Waals surface area contributed by atoms with Crippen molar-refractivity contribution in [2.45, 2.75) is 32.2 Å². The van der Waals surface area contributed by atoms with E-state index in [-0.39, 0.29) is 5.91 Å². The van der Waals surface area contributed by atoms with Crippen LogP contribution in [0.15, 0.2) is 6.20 Å². The highest BCUT2D eigenvalue weighted by Gasteiger charge is 2.30. The molecule has 4 nitrogen and oxygen atoms in total. The summed E-state index contributed by atoms with van der Waals surface area (Å²) in [5.74, 6) is 0.558. The van der Waals surface area contributed by atoms with Crippen LogP contribution in [-0.2, 0) is 7.05 Å². The number of hydrogen-bond donors (Lipinski definition) is 0. The summed E-state index contributed by atoms with van der Waals surface area (Å²) in [5, 5.41) is 4.12. The minimum atomic E-state index is 0.0703. The average Bonchev–Trinajstić information content (AvgIpc) is 2.56. The van der Waals surface area contributed by atoms with Gasteiger partial charge in [-0.3, -0.25) is 9.48 Å². The van der Waals surface area contributed by atoms with Crippen molar-refractivity contribution in [3.8, 4) is 0 Å². The predicted octanol–water partition coefficient (Wildman–Crippen LogP) is 1.96. The summed E-state index contributed by atoms with van der Waals surface area (Å²) < 4.78 is 1.73. The van der Waals surface area contributed by atoms with Gasteiger partial charge in [0.05, 0.1) is 11.8 Å². The van der Waals surface area contributed by atoms with Crippen LogP contribution in [0.1, 0.15) is 35.3 Å². The van der Waals surface area contributed by atoms with Crippen LogP contribution in [0.2, 0.25) is 0 Å². The lowest BCUT2D eigenvalue weighted by atomic mass is 9.91. The zero-order valence-corrected chi connectivity index (χ0v) is 11.1. The van der Waals surface area contributed by atoms with E-state index in [0.717, 1.165) is 18.5 Å². The number of rotatable bonds is 4. The molecule has 5 heteroatoms. The monoisotopic (exact) mass is 255 g/mol. The largest absolute Gasteiger partial charge is 0.334 e. The van der Waals surface area contributed by atoms with E-state index in [1.807, 2.05) is 18.9 Å². The summed E-state index contributed by atoms with van der Waals surface area (Å²) in [4.78, 5) is 14.3. The number of amides is 1. The number of halogens is 1. The number of alkyl halides is 1. The van der Waals surface area contributed by atoms with E-state index in [2.05, 4.69) is 5.10 Å². The van der Waals surface area contributed by atoms with Gasteiger partial charge in [0.1, 0.15) is 0 Å². The Bertz CT molecular complexity index is 412. The third kappa shape index (κ3) is 2.32. The third-order valence-electron chi connectivity index (χ3n) is 3.57. The Morgan fingerprint density at radius 1 is 1.65 bits per heavy atom. The van der Waals surface area contributed by atoms with Crippen molar-refractivity contribution >= 4 is 17.5 Å². The molecule has 1 fully saturated rings. The fourth-order valence-corrected chi connectivity index (χ4v) is 2.28. The second kappa shape index (κ2) is 5.08. The Morgan fingerprint density at radius 2 is 2.35 bits per heavy atom. The molecule has 0 spiro atoms. The molecule has 0 saturated heterocycles. The van der Waals surface area contributed by atoms with E-state index in [0.29, 0.717) is 24.0 Å². The lowest BCUT2D eigenvalue weighted by molar-refractivity contribution is 0.0597. The van der Waals surface area contributed by atoms with Gasteiger partial charge in [0.15, 0.2) is 0 Å². The standard InChI is InChI=1S/C12H18ClN3O/c1-9-11(8-14-15(9)2)12(17)16(7-6-13)10-4-3-5-10/h8,10H,3-7H2,1-2H3. The fraction of sp³-hybridized carbons (Fsp3) is 0.667. The minimum Gasteiger partial charge on any atom is -0.334 e. The zero-order valence-electron chi connectivity index (χ0n) is 10.3. The van der Waals surface area contributed by atoms with Crippen molar-refractivity contribution in [1.29, 1.82) is 0 Å². The van der Waals surface area contributed by atoms with Crippen LogP contribution in [0.25, 0.3) is 0 Å². The SMILES string of the molecule is Cc1c(C(=O)N(CCCl)C2CCC2)cnn1C. The Hall–Kier alpha value is -1.03. The molecule has 1 amide bonds. The summed E-state index contributed by atoms with van der Waals surface area (Å²) >= 11 is 5.78. The highest BCUT2D eigenvalue weighted by atomic mass is 35.5. The van der Waals surface area contributed by atoms with Gasteiger partial charge in [-0.15, -0.1) is 11.6 Å². The van der Waals surface area contributed by atoms with Gasteiger partial charge in [-0.05, 0) is 26.2 Å². The first-order valence-electron chi connectivity index (χ1n) is 6.00. The Kier molecular flexibility index (Phi) is 3.72. The van der Waals surface area contributed by atoms with E-state index in [1.165, 1.54) is 6.42 Å². The summed E-state index contributed by atoms with van der Waals surface area (Å²) in [7, 11) is 1.85. The highest BCUT2D eigenvalue weighted by Crippen LogP contribution is 2.26. The van der Waals surface area contributed by atoms with Gasteiger partial charge in [-0.25, -0.2) is 0 Å². The molecule has 94 valence electrons. The zero-order chi connectivity index (χ0) is 12.4. The molecule has 0 radical (unpaired) electrons. The number of carbonyl (C=O) groups excluding carboxylic acids is 1. The van der Waals surface area contributed by atoms with E-state index >= 15 is 0 Å². The van der Waals surface area contributed by atoms with Crippen molar-refractivity contribution in [2.24, 2.45) is 7.05 Å². The first kappa shape index (κ1) is 12.4. The lowest BCUT2D eigenvalue weighted by Crippen LogP contribution is -2.45. The van der Waals surface area contributed by atoms with Gasteiger partial charge >= 0.3 is 0 Å². The van der Waals surface area contributed by atoms with Crippen LogP contribution in [0.3, 0.4) is 0 Å². The second-order valence-corrected chi connectivity index (χ2v) is 4.92. The molecule has 0 unspecified atom stereocenters. The van der Waals surface area contributed by atoms with Crippen LogP contribution in [-0.4, -0.2) is 39.1 Å². The first-order valence-corrected chi connectivity index (χ1v) is 6.54. The van der Waals surface area contributed by atoms with Gasteiger partial charge in [0.2, 0.25) is 0 Å². The molecule has 1 aromatic heterocycles. The number of aryl methyl sites for hydroxylation is 1. The van der Waals surface area contributed by atoms with E-state index < -0.39 is 0 Å². The smallest absolute Gasteiger partial charge is 0.257 e. The first-order chi connectivity index (χ1) is 8.15. The molecule has 0 aliphatic heterocycles. The molecule has 0 aromatic carbocycles. The van der Waals surface area contributed by atoms with Crippen LogP contribution < -0.4 is 0 Å². The van der Waals surface area contributed by atoms with Crippen LogP contribution in [0.5, 0.6) is 0 Å². The molecule has 1 aromatic rings. The maximum atomic E-state index is 12.4. The quantitative estimate of drug-likeness (QED) is 0.772. The van der Waals surface area contributed by atoms with Gasteiger partial charge in [-0.1, -0.05) is 0 Å². The van der Waals surface area contributed by atoms with Crippen LogP contribution in [0, 0.1) is 6.92 Å². The Balaban J connectivity index is 2.18. The van der Waals surface area contributed by atoms with Crippen LogP contribution in [0.4, 0.5) is 0 Å². The molecule has 2 rings (SSSR count). The van der Waals surface area contributed by atoms with Crippen molar-refractivity contribution in [1.82, 2.24) is 14.7 Å². The second-order valence-electron chi connectivity index (χ2n) is 4.54. The summed E-state index contributed by atoms with van der Waals surface area (Å²) in [6, 6.07) is 0.376. The normalized spacial score (nSPS) is 15.7. The topological polar surface area (TPSA) is 38.1 Å². The van der Waals surface area contributed by atoms with Crippen molar-refractivity contribution in [2.75, 3.05) is 12.4 Å². The summed E-state index contributed by atoms with van der Waals surface area (Å²) in [5.41, 5.74) is 1.61. The predicted molar refractivity (Wildman–Crippen MR) is 67.3 cm³/mol. The Labute approximate surface area is 107 Å². The number of hydrogen-bond acceptors (Lipinski definition) is 2. The van der Waals surface area contributed by atoms with Gasteiger partial charge in [0, 0.05) is 31.2 Å². The van der Waals surface area contributed by atoms with Crippen LogP contribution >= 0.6 is 11.6 Å². The molecule has 0 atom stereocenters. The third-order valence-corrected chi connectivity index (χ3v) is 3.74. The molecule has 1 heterocycles. The van der Waals surface area contributed by atoms with Crippen molar-refractivity contribution < 1.29 is 4.79 Å². The highest BCUT2D eigenvalue weighted by molar-refractivity contribution is 6.18. The van der Waals surface area contributed by atoms with Gasteiger partial charge in [-0.2, -0.15) is 5.10 Å². The molecule has 17 heavy (non-hydrogen) atoms. The average molecular weight is 256 g/mol. The van der Waals surface area contributed by atoms with Crippen molar-refractivity contribution in [3.63, 3.8) is 0 Å². The Morgan fingerprint density at radius 3 is 2.76 bits per heavy atom. The van der Waals surface area contributed by atoms with Crippen molar-refractivity contribution in [3.05, 3.63) is 17.5 Å². The molecule has 0 N–H and O–H groups in total. The van der Waals surface area contributed by atoms with E-state index in [4.69, 9.17) is 11.6 Å². The van der Waals surface area contributed by atoms with Gasteiger partial charge < -0.3 is 4.90 Å². The molecule has 1 aliphatic carbocycles. The van der Waals surface area contributed by atoms with E-state index in [1.54, 1.807) is 10.9 Å². The van der Waals surface area contributed by atoms with Gasteiger partial charge in [0.25, 0.3) is 5.91 Å². The maximum Gasteiger partial charge on any atom is 0.257 e. The molecular weight excluding hydrogens is 238 g/mol. The molecule has 1 saturated carbocycles. The summed E-state index contributed by atoms with van der Waals surface area (Å²) in [6.07, 6.45) is 5.06. The maximum absolute atomic E-state index is 12.4. The molecular formula is C12H18ClN3O. The number of nitrogens with zero attached hydrogens (tertiary/aromatic N) is 3. The van der Waals surface area contributed by atoms with E-state index in [9.17, 15) is 4.79 Å². The fourth-order valence-electron chi connectivity index (χ4n) is 2.10. The molecule has 1 aliphatic rings. The number of aromatic nitrogens is 2.